The number of benzene rings is 1. The van der Waals surface area contributed by atoms with Gasteiger partial charge in [-0.05, 0) is 31.0 Å². The second kappa shape index (κ2) is 5.84. The first-order valence-corrected chi connectivity index (χ1v) is 6.10. The number of aliphatic hydroxyl groups excluding tert-OH is 1. The molecule has 0 aliphatic heterocycles. The summed E-state index contributed by atoms with van der Waals surface area (Å²) in [7, 11) is 1.70. The van der Waals surface area contributed by atoms with E-state index in [1.807, 2.05) is 22.8 Å². The van der Waals surface area contributed by atoms with E-state index in [0.717, 1.165) is 37.0 Å². The van der Waals surface area contributed by atoms with E-state index in [2.05, 4.69) is 4.98 Å². The summed E-state index contributed by atoms with van der Waals surface area (Å²) >= 11 is 0. The molecule has 18 heavy (non-hydrogen) atoms. The van der Waals surface area contributed by atoms with Crippen molar-refractivity contribution in [2.75, 3.05) is 19.5 Å². The molecule has 2 rings (SSSR count). The fraction of sp³-hybridized carbons (Fsp3) is 0.462. The van der Waals surface area contributed by atoms with Crippen molar-refractivity contribution >= 4 is 16.7 Å². The maximum Gasteiger partial charge on any atom is 0.135 e. The van der Waals surface area contributed by atoms with Gasteiger partial charge in [-0.15, -0.1) is 0 Å². The molecule has 2 aromatic rings. The summed E-state index contributed by atoms with van der Waals surface area (Å²) in [6.45, 7) is 1.53. The van der Waals surface area contributed by atoms with Crippen molar-refractivity contribution in [3.8, 4) is 0 Å². The maximum atomic E-state index is 9.35. The Morgan fingerprint density at radius 3 is 2.94 bits per heavy atom. The van der Waals surface area contributed by atoms with E-state index in [4.69, 9.17) is 10.5 Å². The van der Waals surface area contributed by atoms with Crippen LogP contribution in [-0.2, 0) is 17.9 Å². The number of nitrogen functional groups attached to an aromatic ring is 1. The lowest BCUT2D eigenvalue weighted by molar-refractivity contribution is 0.191. The highest BCUT2D eigenvalue weighted by atomic mass is 16.5. The van der Waals surface area contributed by atoms with E-state index in [0.29, 0.717) is 11.5 Å². The predicted molar refractivity (Wildman–Crippen MR) is 71.2 cm³/mol. The molecule has 0 fully saturated rings. The van der Waals surface area contributed by atoms with Crippen LogP contribution in [0.2, 0.25) is 0 Å². The zero-order chi connectivity index (χ0) is 13.0. The second-order valence-corrected chi connectivity index (χ2v) is 4.29. The highest BCUT2D eigenvalue weighted by molar-refractivity contribution is 5.79. The van der Waals surface area contributed by atoms with Crippen LogP contribution in [0.15, 0.2) is 18.2 Å². The zero-order valence-corrected chi connectivity index (χ0v) is 10.6. The minimum atomic E-state index is -0.0567. The molecule has 1 aromatic carbocycles. The Kier molecular flexibility index (Phi) is 4.17. The average molecular weight is 249 g/mol. The molecule has 0 radical (unpaired) electrons. The van der Waals surface area contributed by atoms with Gasteiger partial charge < -0.3 is 20.1 Å². The Morgan fingerprint density at radius 1 is 1.39 bits per heavy atom. The van der Waals surface area contributed by atoms with Crippen LogP contribution in [0.5, 0.6) is 0 Å². The summed E-state index contributed by atoms with van der Waals surface area (Å²) in [5.41, 5.74) is 8.28. The van der Waals surface area contributed by atoms with Crippen LogP contribution in [0.1, 0.15) is 18.7 Å². The number of aliphatic hydroxyl groups is 1. The molecule has 0 saturated heterocycles. The minimum Gasteiger partial charge on any atom is -0.399 e. The van der Waals surface area contributed by atoms with Gasteiger partial charge in [-0.2, -0.15) is 0 Å². The number of hydrogen-bond acceptors (Lipinski definition) is 4. The third-order valence-corrected chi connectivity index (χ3v) is 2.97. The number of nitrogens with two attached hydrogens (primary N) is 1. The van der Waals surface area contributed by atoms with Crippen molar-refractivity contribution in [3.63, 3.8) is 0 Å². The average Bonchev–Trinajstić information content (AvgIpc) is 2.71. The summed E-state index contributed by atoms with van der Waals surface area (Å²) in [5, 5.41) is 9.35. The number of nitrogens with zero attached hydrogens (tertiary/aromatic N) is 2. The number of rotatable bonds is 6. The van der Waals surface area contributed by atoms with Gasteiger partial charge in [0.25, 0.3) is 0 Å². The van der Waals surface area contributed by atoms with Crippen molar-refractivity contribution in [2.24, 2.45) is 0 Å². The molecule has 98 valence electrons. The molecular formula is C13H19N3O2. The number of fused-ring (bicyclic) bond motifs is 1. The molecule has 0 atom stereocenters. The largest absolute Gasteiger partial charge is 0.399 e. The molecular weight excluding hydrogens is 230 g/mol. The molecule has 1 heterocycles. The Hall–Kier alpha value is -1.59. The maximum absolute atomic E-state index is 9.35. The van der Waals surface area contributed by atoms with Gasteiger partial charge in [0, 0.05) is 25.9 Å². The lowest BCUT2D eigenvalue weighted by Gasteiger charge is -2.07. The van der Waals surface area contributed by atoms with E-state index in [9.17, 15) is 5.11 Å². The Labute approximate surface area is 106 Å². The predicted octanol–water partition coefficient (Wildman–Crippen LogP) is 1.54. The van der Waals surface area contributed by atoms with E-state index >= 15 is 0 Å². The van der Waals surface area contributed by atoms with Gasteiger partial charge in [-0.25, -0.2) is 4.98 Å². The van der Waals surface area contributed by atoms with Crippen LogP contribution < -0.4 is 5.73 Å². The van der Waals surface area contributed by atoms with Gasteiger partial charge in [0.2, 0.25) is 0 Å². The van der Waals surface area contributed by atoms with E-state index in [-0.39, 0.29) is 6.61 Å². The fourth-order valence-corrected chi connectivity index (χ4v) is 2.08. The lowest BCUT2D eigenvalue weighted by Crippen LogP contribution is -2.05. The Morgan fingerprint density at radius 2 is 2.22 bits per heavy atom. The summed E-state index contributed by atoms with van der Waals surface area (Å²) < 4.78 is 7.08. The molecule has 3 N–H and O–H groups in total. The lowest BCUT2D eigenvalue weighted by atomic mass is 10.2. The number of aryl methyl sites for hydroxylation is 1. The molecule has 0 spiro atoms. The zero-order valence-electron chi connectivity index (χ0n) is 10.6. The topological polar surface area (TPSA) is 73.3 Å². The second-order valence-electron chi connectivity index (χ2n) is 4.29. The van der Waals surface area contributed by atoms with Crippen LogP contribution in [-0.4, -0.2) is 28.4 Å². The van der Waals surface area contributed by atoms with E-state index in [1.54, 1.807) is 7.11 Å². The van der Waals surface area contributed by atoms with Crippen molar-refractivity contribution in [1.82, 2.24) is 9.55 Å². The number of aromatic nitrogens is 2. The van der Waals surface area contributed by atoms with Crippen LogP contribution in [0, 0.1) is 0 Å². The van der Waals surface area contributed by atoms with Crippen LogP contribution in [0.3, 0.4) is 0 Å². The van der Waals surface area contributed by atoms with Crippen molar-refractivity contribution in [1.29, 1.82) is 0 Å². The molecule has 0 unspecified atom stereocenters. The first kappa shape index (κ1) is 12.9. The third kappa shape index (κ3) is 2.63. The smallest absolute Gasteiger partial charge is 0.135 e. The summed E-state index contributed by atoms with van der Waals surface area (Å²) in [6, 6.07) is 5.64. The van der Waals surface area contributed by atoms with Gasteiger partial charge >= 0.3 is 0 Å². The highest BCUT2D eigenvalue weighted by Gasteiger charge is 2.09. The quantitative estimate of drug-likeness (QED) is 0.601. The van der Waals surface area contributed by atoms with Crippen LogP contribution in [0.25, 0.3) is 11.0 Å². The van der Waals surface area contributed by atoms with E-state index in [1.165, 1.54) is 0 Å². The number of unbranched alkanes of at least 4 members (excludes halogenated alkanes) is 1. The van der Waals surface area contributed by atoms with Gasteiger partial charge in [-0.3, -0.25) is 0 Å². The van der Waals surface area contributed by atoms with Crippen LogP contribution >= 0.6 is 0 Å². The first-order chi connectivity index (χ1) is 8.76. The van der Waals surface area contributed by atoms with Crippen LogP contribution in [0.4, 0.5) is 5.69 Å². The van der Waals surface area contributed by atoms with Gasteiger partial charge in [0.05, 0.1) is 11.0 Å². The SMILES string of the molecule is COCCCCn1c(CO)nc2cc(N)ccc21. The minimum absolute atomic E-state index is 0.0567. The number of anilines is 1. The molecule has 0 bridgehead atoms. The normalized spacial score (nSPS) is 11.2. The number of hydrogen-bond donors (Lipinski definition) is 2. The fourth-order valence-electron chi connectivity index (χ4n) is 2.08. The molecule has 0 aliphatic rings. The Bertz CT molecular complexity index is 522. The number of ether oxygens (including phenoxy) is 1. The molecule has 0 aliphatic carbocycles. The summed E-state index contributed by atoms with van der Waals surface area (Å²) in [4.78, 5) is 4.39. The first-order valence-electron chi connectivity index (χ1n) is 6.10. The highest BCUT2D eigenvalue weighted by Crippen LogP contribution is 2.19. The monoisotopic (exact) mass is 249 g/mol. The van der Waals surface area contributed by atoms with Gasteiger partial charge in [0.15, 0.2) is 0 Å². The Balaban J connectivity index is 2.23. The molecule has 5 nitrogen and oxygen atoms in total. The van der Waals surface area contributed by atoms with Gasteiger partial charge in [-0.1, -0.05) is 0 Å². The molecule has 0 amide bonds. The summed E-state index contributed by atoms with van der Waals surface area (Å²) in [5.74, 6) is 0.688. The molecule has 1 aromatic heterocycles. The van der Waals surface area contributed by atoms with Crippen molar-refractivity contribution in [2.45, 2.75) is 26.0 Å². The number of methoxy groups -OCH3 is 1. The third-order valence-electron chi connectivity index (χ3n) is 2.97. The summed E-state index contributed by atoms with van der Waals surface area (Å²) in [6.07, 6.45) is 1.99. The van der Waals surface area contributed by atoms with E-state index < -0.39 is 0 Å². The molecule has 5 heteroatoms. The molecule has 0 saturated carbocycles. The standard InChI is InChI=1S/C13H19N3O2/c1-18-7-3-2-6-16-12-5-4-10(14)8-11(12)15-13(16)9-17/h4-5,8,17H,2-3,6-7,9,14H2,1H3. The number of imidazole rings is 1. The van der Waals surface area contributed by atoms with Crippen molar-refractivity contribution in [3.05, 3.63) is 24.0 Å². The van der Waals surface area contributed by atoms with Crippen molar-refractivity contribution < 1.29 is 9.84 Å². The van der Waals surface area contributed by atoms with Gasteiger partial charge in [0.1, 0.15) is 12.4 Å².